The van der Waals surface area contributed by atoms with Gasteiger partial charge in [0, 0.05) is 17.2 Å². The third-order valence-electron chi connectivity index (χ3n) is 2.78. The van der Waals surface area contributed by atoms with Gasteiger partial charge in [0.1, 0.15) is 5.75 Å². The van der Waals surface area contributed by atoms with Crippen LogP contribution in [0.4, 0.5) is 0 Å². The number of nitrogens with one attached hydrogen (secondary N) is 1. The number of carbonyl (C=O) groups is 2. The highest BCUT2D eigenvalue weighted by atomic mass is 16.5. The Morgan fingerprint density at radius 2 is 1.91 bits per heavy atom. The average Bonchev–Trinajstić information content (AvgIpc) is 2.45. The van der Waals surface area contributed by atoms with Crippen molar-refractivity contribution in [3.63, 3.8) is 0 Å². The first-order valence-corrected chi connectivity index (χ1v) is 7.65. The molecular formula is C18H25NO4. The van der Waals surface area contributed by atoms with E-state index in [1.807, 2.05) is 52.0 Å². The summed E-state index contributed by atoms with van der Waals surface area (Å²) in [6, 6.07) is 7.38. The van der Waals surface area contributed by atoms with E-state index in [0.717, 1.165) is 5.56 Å². The number of hydrogen-bond donors (Lipinski definition) is 1. The van der Waals surface area contributed by atoms with Crippen molar-refractivity contribution < 1.29 is 19.1 Å². The molecule has 1 atom stereocenters. The predicted molar refractivity (Wildman–Crippen MR) is 90.1 cm³/mol. The molecule has 0 aliphatic heterocycles. The molecule has 0 unspecified atom stereocenters. The van der Waals surface area contributed by atoms with Crippen molar-refractivity contribution in [2.24, 2.45) is 0 Å². The summed E-state index contributed by atoms with van der Waals surface area (Å²) in [5.74, 6) is -0.209. The van der Waals surface area contributed by atoms with Crippen LogP contribution in [0.25, 0.3) is 6.08 Å². The van der Waals surface area contributed by atoms with Crippen LogP contribution in [0.5, 0.6) is 5.75 Å². The maximum Gasteiger partial charge on any atom is 0.331 e. The van der Waals surface area contributed by atoms with Crippen LogP contribution in [-0.4, -0.2) is 30.1 Å². The number of esters is 1. The summed E-state index contributed by atoms with van der Waals surface area (Å²) in [6.45, 7) is 9.57. The van der Waals surface area contributed by atoms with Gasteiger partial charge in [-0.3, -0.25) is 4.79 Å². The van der Waals surface area contributed by atoms with E-state index in [4.69, 9.17) is 9.47 Å². The van der Waals surface area contributed by atoms with E-state index in [9.17, 15) is 9.59 Å². The normalized spacial score (nSPS) is 12.7. The molecule has 1 amide bonds. The largest absolute Gasteiger partial charge is 0.493 e. The molecule has 1 aromatic rings. The van der Waals surface area contributed by atoms with Gasteiger partial charge in [-0.1, -0.05) is 18.2 Å². The Balaban J connectivity index is 2.64. The molecule has 0 fully saturated rings. The zero-order valence-electron chi connectivity index (χ0n) is 14.4. The first-order valence-electron chi connectivity index (χ1n) is 7.65. The number of benzene rings is 1. The molecular weight excluding hydrogens is 294 g/mol. The molecule has 0 aliphatic carbocycles. The van der Waals surface area contributed by atoms with E-state index < -0.39 is 12.1 Å². The smallest absolute Gasteiger partial charge is 0.331 e. The van der Waals surface area contributed by atoms with Crippen LogP contribution >= 0.6 is 0 Å². The monoisotopic (exact) mass is 319 g/mol. The molecule has 0 aliphatic rings. The number of para-hydroxylation sites is 1. The fourth-order valence-electron chi connectivity index (χ4n) is 1.80. The summed E-state index contributed by atoms with van der Waals surface area (Å²) in [5.41, 5.74) is 0.405. The Hall–Kier alpha value is -2.30. The Morgan fingerprint density at radius 3 is 2.52 bits per heavy atom. The molecule has 0 aromatic heterocycles. The second-order valence-electron chi connectivity index (χ2n) is 6.12. The molecule has 1 rings (SSSR count). The molecule has 1 aromatic carbocycles. The lowest BCUT2D eigenvalue weighted by molar-refractivity contribution is -0.150. The lowest BCUT2D eigenvalue weighted by Crippen LogP contribution is -2.46. The maximum absolute atomic E-state index is 11.9. The van der Waals surface area contributed by atoms with E-state index in [-0.39, 0.29) is 11.4 Å². The molecule has 5 nitrogen and oxygen atoms in total. The van der Waals surface area contributed by atoms with Gasteiger partial charge in [0.25, 0.3) is 5.91 Å². The van der Waals surface area contributed by atoms with Crippen molar-refractivity contribution in [1.29, 1.82) is 0 Å². The lowest BCUT2D eigenvalue weighted by atomic mass is 10.1. The summed E-state index contributed by atoms with van der Waals surface area (Å²) < 4.78 is 10.6. The van der Waals surface area contributed by atoms with Crippen molar-refractivity contribution in [3.05, 3.63) is 35.9 Å². The quantitative estimate of drug-likeness (QED) is 0.647. The molecule has 0 heterocycles. The van der Waals surface area contributed by atoms with Gasteiger partial charge in [0.05, 0.1) is 6.61 Å². The second kappa shape index (κ2) is 8.36. The number of ether oxygens (including phenoxy) is 2. The molecule has 0 saturated heterocycles. The number of carbonyl (C=O) groups excluding carboxylic acids is 2. The first-order chi connectivity index (χ1) is 10.7. The highest BCUT2D eigenvalue weighted by Crippen LogP contribution is 2.19. The van der Waals surface area contributed by atoms with Gasteiger partial charge in [-0.15, -0.1) is 0 Å². The van der Waals surface area contributed by atoms with Gasteiger partial charge >= 0.3 is 5.97 Å². The van der Waals surface area contributed by atoms with Crippen molar-refractivity contribution in [1.82, 2.24) is 5.32 Å². The van der Waals surface area contributed by atoms with Crippen LogP contribution in [0.1, 0.15) is 40.2 Å². The highest BCUT2D eigenvalue weighted by Gasteiger charge is 2.21. The minimum Gasteiger partial charge on any atom is -0.493 e. The maximum atomic E-state index is 11.9. The van der Waals surface area contributed by atoms with Crippen LogP contribution < -0.4 is 10.1 Å². The van der Waals surface area contributed by atoms with E-state index in [1.54, 1.807) is 13.0 Å². The standard InChI is InChI=1S/C18H25NO4/c1-6-22-15-10-8-7-9-14(15)11-12-16(20)23-13(2)17(21)19-18(3,4)5/h7-13H,6H2,1-5H3,(H,19,21)/b12-11+/t13-/m0/s1. The van der Waals surface area contributed by atoms with Gasteiger partial charge in [0.2, 0.25) is 0 Å². The predicted octanol–water partition coefficient (Wildman–Crippen LogP) is 2.94. The minimum atomic E-state index is -0.853. The Bertz CT molecular complexity index is 573. The van der Waals surface area contributed by atoms with E-state index in [1.165, 1.54) is 6.08 Å². The van der Waals surface area contributed by atoms with Crippen LogP contribution in [0.3, 0.4) is 0 Å². The van der Waals surface area contributed by atoms with Crippen LogP contribution in [0.15, 0.2) is 30.3 Å². The number of amides is 1. The second-order valence-corrected chi connectivity index (χ2v) is 6.12. The van der Waals surface area contributed by atoms with Crippen molar-refractivity contribution >= 4 is 18.0 Å². The topological polar surface area (TPSA) is 64.6 Å². The van der Waals surface area contributed by atoms with Gasteiger partial charge < -0.3 is 14.8 Å². The molecule has 23 heavy (non-hydrogen) atoms. The molecule has 1 N–H and O–H groups in total. The highest BCUT2D eigenvalue weighted by molar-refractivity contribution is 5.90. The fourth-order valence-corrected chi connectivity index (χ4v) is 1.80. The summed E-state index contributed by atoms with van der Waals surface area (Å²) in [5, 5.41) is 2.76. The van der Waals surface area contributed by atoms with Crippen LogP contribution in [0, 0.1) is 0 Å². The number of hydrogen-bond acceptors (Lipinski definition) is 4. The van der Waals surface area contributed by atoms with Crippen molar-refractivity contribution in [2.45, 2.75) is 46.3 Å². The summed E-state index contributed by atoms with van der Waals surface area (Å²) in [6.07, 6.45) is 2.05. The molecule has 0 radical (unpaired) electrons. The Labute approximate surface area is 137 Å². The van der Waals surface area contributed by atoms with Gasteiger partial charge in [0.15, 0.2) is 6.10 Å². The van der Waals surface area contributed by atoms with Crippen molar-refractivity contribution in [2.75, 3.05) is 6.61 Å². The van der Waals surface area contributed by atoms with Crippen LogP contribution in [-0.2, 0) is 14.3 Å². The lowest BCUT2D eigenvalue weighted by Gasteiger charge is -2.22. The van der Waals surface area contributed by atoms with Gasteiger partial charge in [-0.05, 0) is 46.8 Å². The first kappa shape index (κ1) is 18.7. The van der Waals surface area contributed by atoms with Gasteiger partial charge in [-0.2, -0.15) is 0 Å². The molecule has 126 valence electrons. The number of rotatable bonds is 6. The SMILES string of the molecule is CCOc1ccccc1/C=C/C(=O)O[C@@H](C)C(=O)NC(C)(C)C. The minimum absolute atomic E-state index is 0.325. The summed E-state index contributed by atoms with van der Waals surface area (Å²) >= 11 is 0. The van der Waals surface area contributed by atoms with Crippen molar-refractivity contribution in [3.8, 4) is 5.75 Å². The molecule has 0 saturated carbocycles. The third kappa shape index (κ3) is 7.00. The summed E-state index contributed by atoms with van der Waals surface area (Å²) in [4.78, 5) is 23.7. The molecule has 5 heteroatoms. The zero-order chi connectivity index (χ0) is 17.5. The average molecular weight is 319 g/mol. The van der Waals surface area contributed by atoms with E-state index in [0.29, 0.717) is 12.4 Å². The molecule has 0 spiro atoms. The van der Waals surface area contributed by atoms with Gasteiger partial charge in [-0.25, -0.2) is 4.79 Å². The van der Waals surface area contributed by atoms with E-state index >= 15 is 0 Å². The fraction of sp³-hybridized carbons (Fsp3) is 0.444. The zero-order valence-corrected chi connectivity index (χ0v) is 14.4. The Kier molecular flexibility index (Phi) is 6.82. The third-order valence-corrected chi connectivity index (χ3v) is 2.78. The van der Waals surface area contributed by atoms with Crippen LogP contribution in [0.2, 0.25) is 0 Å². The molecule has 0 bridgehead atoms. The summed E-state index contributed by atoms with van der Waals surface area (Å²) in [7, 11) is 0. The Morgan fingerprint density at radius 1 is 1.26 bits per heavy atom. The van der Waals surface area contributed by atoms with E-state index in [2.05, 4.69) is 5.32 Å².